The summed E-state index contributed by atoms with van der Waals surface area (Å²) in [5, 5.41) is 0. The van der Waals surface area contributed by atoms with Crippen LogP contribution in [0.2, 0.25) is 0 Å². The first-order valence-corrected chi connectivity index (χ1v) is 5.96. The molecule has 0 amide bonds. The Morgan fingerprint density at radius 3 is 2.78 bits per heavy atom. The molecule has 4 nitrogen and oxygen atoms in total. The van der Waals surface area contributed by atoms with Crippen LogP contribution in [-0.2, 0) is 12.8 Å². The molecule has 1 aromatic heterocycles. The Morgan fingerprint density at radius 2 is 2.11 bits per heavy atom. The Bertz CT molecular complexity index is 540. The lowest BCUT2D eigenvalue weighted by Gasteiger charge is -2.09. The molecule has 0 spiro atoms. The number of nitrogen functional groups attached to an aromatic ring is 1. The van der Waals surface area contributed by atoms with Gasteiger partial charge in [0, 0.05) is 12.6 Å². The molecule has 0 saturated carbocycles. The average Bonchev–Trinajstić information content (AvgIpc) is 2.38. The summed E-state index contributed by atoms with van der Waals surface area (Å²) in [4.78, 5) is 8.41. The summed E-state index contributed by atoms with van der Waals surface area (Å²) >= 11 is 0. The topological polar surface area (TPSA) is 61.0 Å². The van der Waals surface area contributed by atoms with Crippen LogP contribution in [0.5, 0.6) is 5.75 Å². The number of rotatable bonds is 4. The summed E-state index contributed by atoms with van der Waals surface area (Å²) < 4.78 is 5.31. The molecule has 94 valence electrons. The van der Waals surface area contributed by atoms with E-state index < -0.39 is 0 Å². The van der Waals surface area contributed by atoms with Gasteiger partial charge in [-0.1, -0.05) is 19.1 Å². The first kappa shape index (κ1) is 12.4. The van der Waals surface area contributed by atoms with Crippen molar-refractivity contribution in [3.05, 3.63) is 47.4 Å². The summed E-state index contributed by atoms with van der Waals surface area (Å²) in [6, 6.07) is 7.84. The van der Waals surface area contributed by atoms with Crippen LogP contribution in [0.25, 0.3) is 0 Å². The minimum atomic E-state index is 0.504. The van der Waals surface area contributed by atoms with Gasteiger partial charge in [0.15, 0.2) is 0 Å². The summed E-state index contributed by atoms with van der Waals surface area (Å²) in [5.41, 5.74) is 8.00. The monoisotopic (exact) mass is 243 g/mol. The van der Waals surface area contributed by atoms with E-state index in [1.54, 1.807) is 19.4 Å². The maximum atomic E-state index is 5.64. The lowest BCUT2D eigenvalue weighted by atomic mass is 10.0. The highest BCUT2D eigenvalue weighted by atomic mass is 16.5. The van der Waals surface area contributed by atoms with Crippen LogP contribution in [0.1, 0.15) is 23.9 Å². The molecule has 0 saturated heterocycles. The van der Waals surface area contributed by atoms with Gasteiger partial charge in [-0.2, -0.15) is 0 Å². The maximum Gasteiger partial charge on any atom is 0.135 e. The van der Waals surface area contributed by atoms with Crippen molar-refractivity contribution >= 4 is 5.82 Å². The number of benzene rings is 1. The van der Waals surface area contributed by atoms with Crippen LogP contribution in [0.3, 0.4) is 0 Å². The molecule has 2 aromatic rings. The minimum Gasteiger partial charge on any atom is -0.496 e. The Balaban J connectivity index is 2.24. The molecule has 0 aliphatic heterocycles. The van der Waals surface area contributed by atoms with Gasteiger partial charge in [0.25, 0.3) is 0 Å². The smallest absolute Gasteiger partial charge is 0.135 e. The van der Waals surface area contributed by atoms with E-state index in [9.17, 15) is 0 Å². The quantitative estimate of drug-likeness (QED) is 0.894. The Morgan fingerprint density at radius 1 is 1.28 bits per heavy atom. The fourth-order valence-electron chi connectivity index (χ4n) is 1.90. The number of nitrogens with two attached hydrogens (primary N) is 1. The Labute approximate surface area is 107 Å². The zero-order valence-corrected chi connectivity index (χ0v) is 10.7. The Hall–Kier alpha value is -2.10. The first-order chi connectivity index (χ1) is 8.72. The van der Waals surface area contributed by atoms with E-state index in [2.05, 4.69) is 23.0 Å². The van der Waals surface area contributed by atoms with Gasteiger partial charge in [-0.25, -0.2) is 9.97 Å². The van der Waals surface area contributed by atoms with Gasteiger partial charge in [-0.3, -0.25) is 0 Å². The SMILES string of the molecule is CCc1cc(Cc2nccc(N)n2)ccc1OC. The number of ether oxygens (including phenoxy) is 1. The van der Waals surface area contributed by atoms with Gasteiger partial charge in [0.1, 0.15) is 17.4 Å². The number of anilines is 1. The zero-order valence-electron chi connectivity index (χ0n) is 10.7. The second kappa shape index (κ2) is 5.49. The lowest BCUT2D eigenvalue weighted by Crippen LogP contribution is -2.00. The van der Waals surface area contributed by atoms with Crippen LogP contribution in [0.15, 0.2) is 30.5 Å². The zero-order chi connectivity index (χ0) is 13.0. The minimum absolute atomic E-state index is 0.504. The largest absolute Gasteiger partial charge is 0.496 e. The van der Waals surface area contributed by atoms with E-state index in [-0.39, 0.29) is 0 Å². The van der Waals surface area contributed by atoms with Crippen molar-refractivity contribution in [2.45, 2.75) is 19.8 Å². The predicted octanol–water partition coefficient (Wildman–Crippen LogP) is 2.22. The standard InChI is InChI=1S/C14H17N3O/c1-3-11-8-10(4-5-12(11)18-2)9-14-16-7-6-13(15)17-14/h4-8H,3,9H2,1-2H3,(H2,15,16,17). The molecule has 2 rings (SSSR count). The molecule has 0 unspecified atom stereocenters. The fourth-order valence-corrected chi connectivity index (χ4v) is 1.90. The molecule has 0 aliphatic carbocycles. The highest BCUT2D eigenvalue weighted by molar-refractivity contribution is 5.38. The van der Waals surface area contributed by atoms with Gasteiger partial charge in [-0.05, 0) is 29.7 Å². The third-order valence-electron chi connectivity index (χ3n) is 2.81. The number of methoxy groups -OCH3 is 1. The van der Waals surface area contributed by atoms with Crippen LogP contribution < -0.4 is 10.5 Å². The van der Waals surface area contributed by atoms with E-state index in [4.69, 9.17) is 10.5 Å². The van der Waals surface area contributed by atoms with Gasteiger partial charge in [0.05, 0.1) is 7.11 Å². The molecular weight excluding hydrogens is 226 g/mol. The van der Waals surface area contributed by atoms with Crippen molar-refractivity contribution in [3.8, 4) is 5.75 Å². The molecule has 1 heterocycles. The molecule has 0 atom stereocenters. The van der Waals surface area contributed by atoms with Crippen molar-refractivity contribution in [1.82, 2.24) is 9.97 Å². The molecule has 4 heteroatoms. The molecule has 0 aliphatic rings. The second-order valence-electron chi connectivity index (χ2n) is 4.07. The van der Waals surface area contributed by atoms with Crippen LogP contribution >= 0.6 is 0 Å². The van der Waals surface area contributed by atoms with Gasteiger partial charge in [0.2, 0.25) is 0 Å². The summed E-state index contributed by atoms with van der Waals surface area (Å²) in [6.07, 6.45) is 3.30. The predicted molar refractivity (Wildman–Crippen MR) is 71.6 cm³/mol. The maximum absolute atomic E-state index is 5.64. The van der Waals surface area contributed by atoms with Gasteiger partial charge >= 0.3 is 0 Å². The van der Waals surface area contributed by atoms with E-state index >= 15 is 0 Å². The van der Waals surface area contributed by atoms with Gasteiger partial charge < -0.3 is 10.5 Å². The van der Waals surface area contributed by atoms with E-state index in [0.717, 1.165) is 18.0 Å². The normalized spacial score (nSPS) is 10.3. The van der Waals surface area contributed by atoms with Crippen molar-refractivity contribution in [2.75, 3.05) is 12.8 Å². The lowest BCUT2D eigenvalue weighted by molar-refractivity contribution is 0.410. The highest BCUT2D eigenvalue weighted by Gasteiger charge is 2.05. The van der Waals surface area contributed by atoms with Crippen LogP contribution in [0.4, 0.5) is 5.82 Å². The van der Waals surface area contributed by atoms with E-state index in [0.29, 0.717) is 12.2 Å². The number of hydrogen-bond donors (Lipinski definition) is 1. The molecule has 2 N–H and O–H groups in total. The summed E-state index contributed by atoms with van der Waals surface area (Å²) in [5.74, 6) is 2.17. The van der Waals surface area contributed by atoms with Crippen LogP contribution in [-0.4, -0.2) is 17.1 Å². The summed E-state index contributed by atoms with van der Waals surface area (Å²) in [6.45, 7) is 2.11. The third kappa shape index (κ3) is 2.77. The molecule has 1 aromatic carbocycles. The molecule has 0 fully saturated rings. The number of hydrogen-bond acceptors (Lipinski definition) is 4. The van der Waals surface area contributed by atoms with Crippen molar-refractivity contribution in [2.24, 2.45) is 0 Å². The van der Waals surface area contributed by atoms with E-state index in [1.807, 2.05) is 12.1 Å². The van der Waals surface area contributed by atoms with Crippen LogP contribution in [0, 0.1) is 0 Å². The van der Waals surface area contributed by atoms with Crippen molar-refractivity contribution in [1.29, 1.82) is 0 Å². The molecular formula is C14H17N3O. The average molecular weight is 243 g/mol. The number of aromatic nitrogens is 2. The second-order valence-corrected chi connectivity index (χ2v) is 4.07. The number of aryl methyl sites for hydroxylation is 1. The van der Waals surface area contributed by atoms with Gasteiger partial charge in [-0.15, -0.1) is 0 Å². The fraction of sp³-hybridized carbons (Fsp3) is 0.286. The highest BCUT2D eigenvalue weighted by Crippen LogP contribution is 2.21. The number of nitrogens with zero attached hydrogens (tertiary/aromatic N) is 2. The Kier molecular flexibility index (Phi) is 3.77. The molecule has 0 radical (unpaired) electrons. The van der Waals surface area contributed by atoms with E-state index in [1.165, 1.54) is 11.1 Å². The van der Waals surface area contributed by atoms with Crippen molar-refractivity contribution in [3.63, 3.8) is 0 Å². The third-order valence-corrected chi connectivity index (χ3v) is 2.81. The van der Waals surface area contributed by atoms with Crippen molar-refractivity contribution < 1.29 is 4.74 Å². The molecule has 18 heavy (non-hydrogen) atoms. The summed E-state index contributed by atoms with van der Waals surface area (Å²) in [7, 11) is 1.69. The first-order valence-electron chi connectivity index (χ1n) is 5.96. The molecule has 0 bridgehead atoms.